The van der Waals surface area contributed by atoms with Gasteiger partial charge < -0.3 is 10.1 Å². The largest absolute Gasteiger partial charge is 0.467 e. The number of rotatable bonds is 3. The van der Waals surface area contributed by atoms with E-state index in [9.17, 15) is 9.59 Å². The number of hydrogen-bond donors (Lipinski definition) is 1. The molecule has 0 aromatic carbocycles. The molecule has 0 atom stereocenters. The van der Waals surface area contributed by atoms with Crippen LogP contribution in [-0.2, 0) is 9.53 Å². The molecule has 108 valence electrons. The maximum absolute atomic E-state index is 12.3. The number of halogens is 1. The highest BCUT2D eigenvalue weighted by molar-refractivity contribution is 6.30. The summed E-state index contributed by atoms with van der Waals surface area (Å²) in [5.74, 6) is -0.799. The first-order chi connectivity index (χ1) is 9.57. The van der Waals surface area contributed by atoms with Crippen molar-refractivity contribution >= 4 is 23.5 Å². The van der Waals surface area contributed by atoms with E-state index in [1.807, 2.05) is 0 Å². The minimum atomic E-state index is -0.936. The number of ether oxygens (including phenoxy) is 1. The number of amides is 1. The van der Waals surface area contributed by atoms with Crippen molar-refractivity contribution in [2.75, 3.05) is 7.11 Å². The van der Waals surface area contributed by atoms with Gasteiger partial charge in [-0.1, -0.05) is 30.9 Å². The summed E-state index contributed by atoms with van der Waals surface area (Å²) < 4.78 is 4.85. The van der Waals surface area contributed by atoms with E-state index in [-0.39, 0.29) is 5.69 Å². The molecule has 5 nitrogen and oxygen atoms in total. The van der Waals surface area contributed by atoms with Crippen LogP contribution in [0.2, 0.25) is 5.02 Å². The Bertz CT molecular complexity index is 513. The molecule has 1 fully saturated rings. The van der Waals surface area contributed by atoms with E-state index < -0.39 is 17.4 Å². The van der Waals surface area contributed by atoms with E-state index in [2.05, 4.69) is 10.3 Å². The van der Waals surface area contributed by atoms with Gasteiger partial charge in [0.2, 0.25) is 0 Å². The molecule has 1 aliphatic carbocycles. The minimum absolute atomic E-state index is 0.200. The highest BCUT2D eigenvalue weighted by Gasteiger charge is 2.42. The lowest BCUT2D eigenvalue weighted by molar-refractivity contribution is -0.149. The van der Waals surface area contributed by atoms with Gasteiger partial charge in [-0.05, 0) is 25.0 Å². The SMILES string of the molecule is COC(=O)C1(NC(=O)c2cc(Cl)ccn2)CCCCC1. The first-order valence-corrected chi connectivity index (χ1v) is 6.98. The molecule has 0 radical (unpaired) electrons. The second kappa shape index (κ2) is 6.22. The van der Waals surface area contributed by atoms with Gasteiger partial charge in [0.15, 0.2) is 0 Å². The monoisotopic (exact) mass is 296 g/mol. The third-order valence-electron chi connectivity index (χ3n) is 3.59. The highest BCUT2D eigenvalue weighted by Crippen LogP contribution is 2.29. The van der Waals surface area contributed by atoms with Gasteiger partial charge in [0.05, 0.1) is 7.11 Å². The van der Waals surface area contributed by atoms with Crippen LogP contribution in [0.1, 0.15) is 42.6 Å². The van der Waals surface area contributed by atoms with Crippen LogP contribution in [-0.4, -0.2) is 29.5 Å². The van der Waals surface area contributed by atoms with Crippen molar-refractivity contribution in [1.29, 1.82) is 0 Å². The Morgan fingerprint density at radius 2 is 2.05 bits per heavy atom. The third-order valence-corrected chi connectivity index (χ3v) is 3.83. The first-order valence-electron chi connectivity index (χ1n) is 6.60. The maximum atomic E-state index is 12.3. The van der Waals surface area contributed by atoms with Crippen molar-refractivity contribution in [3.8, 4) is 0 Å². The summed E-state index contributed by atoms with van der Waals surface area (Å²) in [5.41, 5.74) is -0.736. The van der Waals surface area contributed by atoms with E-state index in [0.717, 1.165) is 19.3 Å². The third kappa shape index (κ3) is 3.10. The average Bonchev–Trinajstić information content (AvgIpc) is 2.47. The number of methoxy groups -OCH3 is 1. The van der Waals surface area contributed by atoms with Gasteiger partial charge in [-0.25, -0.2) is 4.79 Å². The van der Waals surface area contributed by atoms with Gasteiger partial charge in [-0.3, -0.25) is 9.78 Å². The van der Waals surface area contributed by atoms with Crippen LogP contribution in [0.5, 0.6) is 0 Å². The predicted molar refractivity (Wildman–Crippen MR) is 74.5 cm³/mol. The van der Waals surface area contributed by atoms with Gasteiger partial charge in [0, 0.05) is 11.2 Å². The fraction of sp³-hybridized carbons (Fsp3) is 0.500. The summed E-state index contributed by atoms with van der Waals surface area (Å²) >= 11 is 5.84. The van der Waals surface area contributed by atoms with Crippen molar-refractivity contribution in [2.45, 2.75) is 37.6 Å². The zero-order valence-corrected chi connectivity index (χ0v) is 12.1. The van der Waals surface area contributed by atoms with Crippen molar-refractivity contribution in [1.82, 2.24) is 10.3 Å². The van der Waals surface area contributed by atoms with Crippen molar-refractivity contribution in [3.63, 3.8) is 0 Å². The van der Waals surface area contributed by atoms with E-state index >= 15 is 0 Å². The van der Waals surface area contributed by atoms with E-state index in [4.69, 9.17) is 16.3 Å². The number of carbonyl (C=O) groups is 2. The van der Waals surface area contributed by atoms with Gasteiger partial charge >= 0.3 is 5.97 Å². The standard InChI is InChI=1S/C14H17ClN2O3/c1-20-13(19)14(6-3-2-4-7-14)17-12(18)11-9-10(15)5-8-16-11/h5,8-9H,2-4,6-7H2,1H3,(H,17,18). The molecule has 1 aliphatic rings. The Labute approximate surface area is 122 Å². The lowest BCUT2D eigenvalue weighted by Crippen LogP contribution is -2.56. The first kappa shape index (κ1) is 14.8. The van der Waals surface area contributed by atoms with Crippen LogP contribution in [0, 0.1) is 0 Å². The molecule has 2 rings (SSSR count). The Kier molecular flexibility index (Phi) is 4.60. The lowest BCUT2D eigenvalue weighted by atomic mass is 9.81. The zero-order valence-electron chi connectivity index (χ0n) is 11.3. The molecule has 0 saturated heterocycles. The van der Waals surface area contributed by atoms with Gasteiger partial charge in [0.25, 0.3) is 5.91 Å². The Morgan fingerprint density at radius 3 is 2.65 bits per heavy atom. The van der Waals surface area contributed by atoms with Crippen molar-refractivity contribution in [3.05, 3.63) is 29.0 Å². The zero-order chi connectivity index (χ0) is 14.6. The number of esters is 1. The van der Waals surface area contributed by atoms with Crippen LogP contribution in [0.3, 0.4) is 0 Å². The van der Waals surface area contributed by atoms with Gasteiger partial charge in [-0.2, -0.15) is 0 Å². The fourth-order valence-corrected chi connectivity index (χ4v) is 2.70. The fourth-order valence-electron chi connectivity index (χ4n) is 2.54. The van der Waals surface area contributed by atoms with E-state index in [1.165, 1.54) is 19.4 Å². The quantitative estimate of drug-likeness (QED) is 0.869. The molecular formula is C14H17ClN2O3. The molecule has 6 heteroatoms. The molecule has 20 heavy (non-hydrogen) atoms. The highest BCUT2D eigenvalue weighted by atomic mass is 35.5. The number of aromatic nitrogens is 1. The van der Waals surface area contributed by atoms with Crippen LogP contribution in [0.25, 0.3) is 0 Å². The minimum Gasteiger partial charge on any atom is -0.467 e. The summed E-state index contributed by atoms with van der Waals surface area (Å²) in [6.45, 7) is 0. The maximum Gasteiger partial charge on any atom is 0.331 e. The van der Waals surface area contributed by atoms with Gasteiger partial charge in [-0.15, -0.1) is 0 Å². The number of carbonyl (C=O) groups excluding carboxylic acids is 2. The molecule has 1 aromatic heterocycles. The molecule has 1 saturated carbocycles. The molecule has 0 bridgehead atoms. The number of nitrogens with zero attached hydrogens (tertiary/aromatic N) is 1. The molecule has 0 unspecified atom stereocenters. The Hall–Kier alpha value is -1.62. The number of nitrogens with one attached hydrogen (secondary N) is 1. The summed E-state index contributed by atoms with van der Waals surface area (Å²) in [7, 11) is 1.34. The summed E-state index contributed by atoms with van der Waals surface area (Å²) in [5, 5.41) is 3.22. The number of hydrogen-bond acceptors (Lipinski definition) is 4. The second-order valence-corrected chi connectivity index (χ2v) is 5.38. The molecule has 1 aromatic rings. The van der Waals surface area contributed by atoms with Crippen LogP contribution in [0.4, 0.5) is 0 Å². The Balaban J connectivity index is 2.19. The molecule has 1 heterocycles. The lowest BCUT2D eigenvalue weighted by Gasteiger charge is -2.35. The predicted octanol–water partition coefficient (Wildman–Crippen LogP) is 2.34. The second-order valence-electron chi connectivity index (χ2n) is 4.95. The molecule has 0 aliphatic heterocycles. The van der Waals surface area contributed by atoms with Gasteiger partial charge in [0.1, 0.15) is 11.2 Å². The molecule has 1 amide bonds. The number of pyridine rings is 1. The summed E-state index contributed by atoms with van der Waals surface area (Å²) in [6, 6.07) is 3.07. The van der Waals surface area contributed by atoms with E-state index in [0.29, 0.717) is 17.9 Å². The molecule has 1 N–H and O–H groups in total. The van der Waals surface area contributed by atoms with Crippen LogP contribution >= 0.6 is 11.6 Å². The topological polar surface area (TPSA) is 68.3 Å². The summed E-state index contributed by atoms with van der Waals surface area (Å²) in [6.07, 6.45) is 5.47. The van der Waals surface area contributed by atoms with Crippen LogP contribution in [0.15, 0.2) is 18.3 Å². The van der Waals surface area contributed by atoms with Crippen LogP contribution < -0.4 is 5.32 Å². The van der Waals surface area contributed by atoms with Crippen molar-refractivity contribution < 1.29 is 14.3 Å². The van der Waals surface area contributed by atoms with Crippen molar-refractivity contribution in [2.24, 2.45) is 0 Å². The molecule has 0 spiro atoms. The Morgan fingerprint density at radius 1 is 1.35 bits per heavy atom. The van der Waals surface area contributed by atoms with E-state index in [1.54, 1.807) is 6.07 Å². The average molecular weight is 297 g/mol. The summed E-state index contributed by atoms with van der Waals surface area (Å²) in [4.78, 5) is 28.3. The molecular weight excluding hydrogens is 280 g/mol. The normalized spacial score (nSPS) is 17.3. The smallest absolute Gasteiger partial charge is 0.331 e.